The number of aromatic carboxylic acids is 1. The zero-order valence-electron chi connectivity index (χ0n) is 14.8. The lowest BCUT2D eigenvalue weighted by Gasteiger charge is -2.17. The van der Waals surface area contributed by atoms with Gasteiger partial charge >= 0.3 is 5.97 Å². The first-order chi connectivity index (χ1) is 13.4. The van der Waals surface area contributed by atoms with Crippen LogP contribution in [0.2, 0.25) is 0 Å². The van der Waals surface area contributed by atoms with E-state index >= 15 is 4.39 Å². The summed E-state index contributed by atoms with van der Waals surface area (Å²) in [6.45, 7) is 1.21. The first-order valence-electron chi connectivity index (χ1n) is 8.81. The Labute approximate surface area is 157 Å². The average Bonchev–Trinajstić information content (AvgIpc) is 3.37. The van der Waals surface area contributed by atoms with E-state index in [2.05, 4.69) is 10.3 Å². The number of nitrogen functional groups attached to an aromatic ring is 1. The molecular weight excluding hydrogens is 372 g/mol. The third-order valence-electron chi connectivity index (χ3n) is 4.88. The predicted molar refractivity (Wildman–Crippen MR) is 101 cm³/mol. The van der Waals surface area contributed by atoms with Gasteiger partial charge in [-0.15, -0.1) is 0 Å². The Morgan fingerprint density at radius 3 is 2.75 bits per heavy atom. The summed E-state index contributed by atoms with van der Waals surface area (Å²) in [4.78, 5) is 28.0. The molecule has 2 heterocycles. The van der Waals surface area contributed by atoms with E-state index in [-0.39, 0.29) is 18.1 Å². The maximum Gasteiger partial charge on any atom is 0.341 e. The highest BCUT2D eigenvalue weighted by Crippen LogP contribution is 2.40. The number of nitrogens with two attached hydrogens (primary N) is 1. The molecule has 146 valence electrons. The Bertz CT molecular complexity index is 1120. The monoisotopic (exact) mass is 390 g/mol. The van der Waals surface area contributed by atoms with E-state index in [0.717, 1.165) is 6.20 Å². The molecule has 1 aliphatic heterocycles. The van der Waals surface area contributed by atoms with E-state index in [4.69, 9.17) is 5.73 Å². The Kier molecular flexibility index (Phi) is 4.33. The fourth-order valence-corrected chi connectivity index (χ4v) is 3.32. The number of rotatable bonds is 6. The highest BCUT2D eigenvalue weighted by Gasteiger charge is 2.31. The van der Waals surface area contributed by atoms with Crippen LogP contribution < -0.4 is 16.5 Å². The van der Waals surface area contributed by atoms with Crippen molar-refractivity contribution >= 4 is 40.8 Å². The van der Waals surface area contributed by atoms with Gasteiger partial charge in [-0.2, -0.15) is 0 Å². The molecule has 4 rings (SSSR count). The summed E-state index contributed by atoms with van der Waals surface area (Å²) in [5, 5.41) is 11.5. The number of benzene rings is 1. The van der Waals surface area contributed by atoms with Crippen molar-refractivity contribution in [2.45, 2.75) is 18.9 Å². The van der Waals surface area contributed by atoms with Gasteiger partial charge in [0.2, 0.25) is 5.43 Å². The number of anilines is 2. The number of carbonyl (C=O) groups is 1. The number of hydrogen-bond acceptors (Lipinski definition) is 5. The van der Waals surface area contributed by atoms with Gasteiger partial charge in [-0.1, -0.05) is 4.99 Å². The van der Waals surface area contributed by atoms with Crippen LogP contribution in [0.1, 0.15) is 29.2 Å². The summed E-state index contributed by atoms with van der Waals surface area (Å²) in [7, 11) is 0. The molecule has 28 heavy (non-hydrogen) atoms. The second kappa shape index (κ2) is 6.70. The maximum atomic E-state index is 15.3. The van der Waals surface area contributed by atoms with E-state index in [0.29, 0.717) is 25.9 Å². The molecule has 1 fully saturated rings. The lowest BCUT2D eigenvalue weighted by atomic mass is 10.1. The molecule has 8 nitrogen and oxygen atoms in total. The summed E-state index contributed by atoms with van der Waals surface area (Å²) in [5.41, 5.74) is 3.09. The van der Waals surface area contributed by atoms with Crippen molar-refractivity contribution in [3.05, 3.63) is 33.6 Å². The molecule has 0 unspecified atom stereocenters. The molecule has 1 saturated carbocycles. The highest BCUT2D eigenvalue weighted by atomic mass is 19.1. The van der Waals surface area contributed by atoms with Crippen molar-refractivity contribution < 1.29 is 23.3 Å². The van der Waals surface area contributed by atoms with Crippen molar-refractivity contribution in [3.8, 4) is 0 Å². The molecule has 1 aromatic carbocycles. The molecule has 0 spiro atoms. The lowest BCUT2D eigenvalue weighted by molar-refractivity contribution is -0.385. The quantitative estimate of drug-likeness (QED) is 0.510. The van der Waals surface area contributed by atoms with Gasteiger partial charge in [0.25, 0.3) is 6.34 Å². The van der Waals surface area contributed by atoms with Gasteiger partial charge in [0.15, 0.2) is 18.2 Å². The number of aliphatic imine (C=N–C) groups is 1. The Balaban J connectivity index is 1.85. The highest BCUT2D eigenvalue weighted by molar-refractivity contribution is 5.99. The van der Waals surface area contributed by atoms with Crippen LogP contribution in [0.25, 0.3) is 10.9 Å². The number of carboxylic acids is 1. The minimum atomic E-state index is -1.47. The van der Waals surface area contributed by atoms with Crippen LogP contribution in [0.4, 0.5) is 20.2 Å². The molecule has 4 N–H and O–H groups in total. The van der Waals surface area contributed by atoms with Gasteiger partial charge < -0.3 is 20.7 Å². The summed E-state index contributed by atoms with van der Waals surface area (Å²) < 4.78 is 33.2. The van der Waals surface area contributed by atoms with Crippen LogP contribution in [0.15, 0.2) is 16.0 Å². The van der Waals surface area contributed by atoms with Crippen molar-refractivity contribution in [1.29, 1.82) is 0 Å². The predicted octanol–water partition coefficient (Wildman–Crippen LogP) is 1.43. The number of nitrogens with one attached hydrogen (secondary N) is 1. The molecule has 0 bridgehead atoms. The molecule has 1 aliphatic carbocycles. The fourth-order valence-electron chi connectivity index (χ4n) is 3.32. The van der Waals surface area contributed by atoms with Crippen LogP contribution >= 0.6 is 0 Å². The zero-order valence-corrected chi connectivity index (χ0v) is 14.8. The van der Waals surface area contributed by atoms with E-state index in [1.165, 1.54) is 4.57 Å². The molecule has 2 aromatic rings. The van der Waals surface area contributed by atoms with E-state index in [1.807, 2.05) is 6.21 Å². The topological polar surface area (TPSA) is 113 Å². The summed E-state index contributed by atoms with van der Waals surface area (Å²) in [5.74, 6) is -3.53. The van der Waals surface area contributed by atoms with E-state index < -0.39 is 45.4 Å². The largest absolute Gasteiger partial charge is 0.477 e. The standard InChI is InChI=1S/C18H17F2N5O3/c19-12-14(21)11-16(13(20)15(12)23-4-6-24-5-3-22-8-24)25(9-1-2-9)7-10(17(11)26)18(27)28/h5,7-9H,1-4,6H2,(H3-,21,23,26,27,28)/p+1. The normalized spacial score (nSPS) is 15.9. The molecule has 10 heteroatoms. The van der Waals surface area contributed by atoms with Gasteiger partial charge in [0.05, 0.1) is 23.1 Å². The van der Waals surface area contributed by atoms with Crippen LogP contribution in [0, 0.1) is 11.6 Å². The number of aromatic nitrogens is 1. The van der Waals surface area contributed by atoms with Crippen LogP contribution in [0.5, 0.6) is 0 Å². The summed E-state index contributed by atoms with van der Waals surface area (Å²) >= 11 is 0. The Hall–Kier alpha value is -3.30. The van der Waals surface area contributed by atoms with Crippen molar-refractivity contribution in [1.82, 2.24) is 4.57 Å². The third kappa shape index (κ3) is 2.90. The van der Waals surface area contributed by atoms with Gasteiger partial charge in [-0.25, -0.2) is 18.2 Å². The van der Waals surface area contributed by atoms with Crippen molar-refractivity contribution in [3.63, 3.8) is 0 Å². The molecule has 0 atom stereocenters. The van der Waals surface area contributed by atoms with Crippen LogP contribution in [-0.4, -0.2) is 52.4 Å². The second-order valence-corrected chi connectivity index (χ2v) is 6.78. The summed E-state index contributed by atoms with van der Waals surface area (Å²) in [6, 6.07) is -0.149. The fraction of sp³-hybridized carbons (Fsp3) is 0.333. The van der Waals surface area contributed by atoms with Gasteiger partial charge in [0.1, 0.15) is 24.0 Å². The number of halogens is 2. The number of carboxylic acid groups (broad SMARTS) is 1. The SMILES string of the molecule is Nc1c(F)c(NCC[N+]2=CCN=C2)c(F)c2c1c(=O)c(C(=O)O)cn2C1CC1. The van der Waals surface area contributed by atoms with Gasteiger partial charge in [-0.3, -0.25) is 4.79 Å². The molecular formula is C18H18F2N5O3+. The first-order valence-corrected chi connectivity index (χ1v) is 8.81. The van der Waals surface area contributed by atoms with Crippen molar-refractivity contribution in [2.75, 3.05) is 30.7 Å². The molecule has 1 aromatic heterocycles. The van der Waals surface area contributed by atoms with Gasteiger partial charge in [-0.05, 0) is 12.8 Å². The van der Waals surface area contributed by atoms with Crippen LogP contribution in [-0.2, 0) is 0 Å². The molecule has 2 aliphatic rings. The number of nitrogens with zero attached hydrogens (tertiary/aromatic N) is 3. The smallest absolute Gasteiger partial charge is 0.341 e. The Morgan fingerprint density at radius 2 is 2.14 bits per heavy atom. The second-order valence-electron chi connectivity index (χ2n) is 6.78. The van der Waals surface area contributed by atoms with Gasteiger partial charge in [0, 0.05) is 12.2 Å². The summed E-state index contributed by atoms with van der Waals surface area (Å²) in [6.07, 6.45) is 5.99. The molecule has 0 radical (unpaired) electrons. The first kappa shape index (κ1) is 18.1. The Morgan fingerprint density at radius 1 is 1.39 bits per heavy atom. The zero-order chi connectivity index (χ0) is 20.0. The maximum absolute atomic E-state index is 15.3. The molecule has 0 saturated heterocycles. The molecule has 0 amide bonds. The van der Waals surface area contributed by atoms with Crippen molar-refractivity contribution in [2.24, 2.45) is 4.99 Å². The average molecular weight is 390 g/mol. The number of hydrogen-bond donors (Lipinski definition) is 3. The minimum absolute atomic E-state index is 0.149. The third-order valence-corrected chi connectivity index (χ3v) is 4.88. The van der Waals surface area contributed by atoms with E-state index in [1.54, 1.807) is 10.9 Å². The lowest BCUT2D eigenvalue weighted by Crippen LogP contribution is -2.23. The van der Waals surface area contributed by atoms with E-state index in [9.17, 15) is 19.1 Å². The number of pyridine rings is 1. The van der Waals surface area contributed by atoms with Crippen LogP contribution in [0.3, 0.4) is 0 Å². The minimum Gasteiger partial charge on any atom is -0.477 e. The number of fused-ring (bicyclic) bond motifs is 1.